The molecule has 1 aliphatic heterocycles. The number of fused-ring (bicyclic) bond motifs is 3. The predicted molar refractivity (Wildman–Crippen MR) is 94.9 cm³/mol. The molecule has 2 heterocycles. The summed E-state index contributed by atoms with van der Waals surface area (Å²) in [5, 5.41) is 8.77. The molecule has 2 N–H and O–H groups in total. The summed E-state index contributed by atoms with van der Waals surface area (Å²) in [5.74, 6) is -0.463. The van der Waals surface area contributed by atoms with Crippen LogP contribution in [0.4, 0.5) is 17.6 Å². The minimum Gasteiger partial charge on any atom is -0.231 e. The van der Waals surface area contributed by atoms with Gasteiger partial charge in [0.1, 0.15) is 5.82 Å². The molecule has 11 heteroatoms. The molecule has 1 aromatic heterocycles. The Morgan fingerprint density at radius 3 is 2.39 bits per heavy atom. The van der Waals surface area contributed by atoms with Crippen molar-refractivity contribution in [3.63, 3.8) is 0 Å². The van der Waals surface area contributed by atoms with E-state index < -0.39 is 27.7 Å². The van der Waals surface area contributed by atoms with Crippen LogP contribution in [0, 0.1) is 5.82 Å². The average Bonchev–Trinajstić information content (AvgIpc) is 3.02. The summed E-state index contributed by atoms with van der Waals surface area (Å²) in [6, 6.07) is 9.15. The van der Waals surface area contributed by atoms with Crippen LogP contribution in [0.2, 0.25) is 0 Å². The molecule has 0 atom stereocenters. The molecule has 0 amide bonds. The maximum Gasteiger partial charge on any atom is 0.436 e. The van der Waals surface area contributed by atoms with Crippen LogP contribution < -0.4 is 5.14 Å². The number of nitrogens with zero attached hydrogens (tertiary/aromatic N) is 2. The van der Waals surface area contributed by atoms with Crippen molar-refractivity contribution in [1.29, 1.82) is 0 Å². The zero-order valence-electron chi connectivity index (χ0n) is 13.9. The van der Waals surface area contributed by atoms with Gasteiger partial charge in [-0.25, -0.2) is 22.6 Å². The Kier molecular flexibility index (Phi) is 4.28. The first kappa shape index (κ1) is 19.0. The van der Waals surface area contributed by atoms with Crippen molar-refractivity contribution in [2.24, 2.45) is 5.14 Å². The van der Waals surface area contributed by atoms with E-state index in [1.807, 2.05) is 0 Å². The van der Waals surface area contributed by atoms with Gasteiger partial charge >= 0.3 is 6.18 Å². The van der Waals surface area contributed by atoms with E-state index in [-0.39, 0.29) is 32.5 Å². The Bertz CT molecular complexity index is 1190. The van der Waals surface area contributed by atoms with Crippen molar-refractivity contribution in [2.75, 3.05) is 0 Å². The van der Waals surface area contributed by atoms with Gasteiger partial charge in [0, 0.05) is 16.9 Å². The fraction of sp³-hybridized carbons (Fsp3) is 0.118. The first-order chi connectivity index (χ1) is 13.1. The van der Waals surface area contributed by atoms with E-state index in [1.54, 1.807) is 0 Å². The van der Waals surface area contributed by atoms with Crippen LogP contribution >= 0.6 is 11.8 Å². The lowest BCUT2D eigenvalue weighted by Crippen LogP contribution is -2.12. The van der Waals surface area contributed by atoms with Gasteiger partial charge in [-0.1, -0.05) is 12.1 Å². The third-order valence-electron chi connectivity index (χ3n) is 4.26. The van der Waals surface area contributed by atoms with Gasteiger partial charge in [0.2, 0.25) is 10.0 Å². The highest BCUT2D eigenvalue weighted by Gasteiger charge is 2.41. The van der Waals surface area contributed by atoms with E-state index in [0.717, 1.165) is 16.4 Å². The van der Waals surface area contributed by atoms with E-state index in [4.69, 9.17) is 5.14 Å². The topological polar surface area (TPSA) is 78.0 Å². The van der Waals surface area contributed by atoms with Crippen LogP contribution in [0.3, 0.4) is 0 Å². The molecule has 28 heavy (non-hydrogen) atoms. The molecule has 4 rings (SSSR count). The summed E-state index contributed by atoms with van der Waals surface area (Å²) in [7, 11) is -3.95. The van der Waals surface area contributed by atoms with E-state index in [1.165, 1.54) is 42.5 Å². The van der Waals surface area contributed by atoms with Gasteiger partial charge in [-0.3, -0.25) is 0 Å². The monoisotopic (exact) mass is 429 g/mol. The van der Waals surface area contributed by atoms with Crippen LogP contribution in [-0.2, 0) is 22.0 Å². The smallest absolute Gasteiger partial charge is 0.231 e. The van der Waals surface area contributed by atoms with Crippen molar-refractivity contribution in [3.8, 4) is 16.9 Å². The summed E-state index contributed by atoms with van der Waals surface area (Å²) in [4.78, 5) is -0.282. The fourth-order valence-corrected chi connectivity index (χ4v) is 4.72. The standard InChI is InChI=1S/C17H11F4N3O2S2/c18-13-3-1-2-11-12(13)8-27-15-14(11)24(23-16(15)17(19,20)21)9-4-6-10(7-5-9)28(22,25)26/h1-7H,8H2,(H2,22,25,26). The lowest BCUT2D eigenvalue weighted by Gasteiger charge is -2.19. The SMILES string of the molecule is NS(=O)(=O)c1ccc(-n2nc(C(F)(F)F)c3c2-c2cccc(F)c2CS3)cc1. The second-order valence-electron chi connectivity index (χ2n) is 6.03. The van der Waals surface area contributed by atoms with Gasteiger partial charge in [0.05, 0.1) is 21.2 Å². The molecule has 3 aromatic rings. The second kappa shape index (κ2) is 6.33. The number of alkyl halides is 3. The van der Waals surface area contributed by atoms with E-state index >= 15 is 0 Å². The van der Waals surface area contributed by atoms with Crippen LogP contribution in [0.25, 0.3) is 16.9 Å². The summed E-state index contributed by atoms with van der Waals surface area (Å²) >= 11 is 0.863. The molecule has 146 valence electrons. The van der Waals surface area contributed by atoms with Gasteiger partial charge in [-0.15, -0.1) is 11.8 Å². The van der Waals surface area contributed by atoms with Gasteiger partial charge in [-0.05, 0) is 30.3 Å². The number of thioether (sulfide) groups is 1. The Labute approximate surface area is 161 Å². The number of sulfonamides is 1. The Hall–Kier alpha value is -2.37. The zero-order valence-corrected chi connectivity index (χ0v) is 15.5. The summed E-state index contributed by atoms with van der Waals surface area (Å²) in [6.07, 6.45) is -4.70. The van der Waals surface area contributed by atoms with Crippen molar-refractivity contribution < 1.29 is 26.0 Å². The van der Waals surface area contributed by atoms with Crippen LogP contribution in [0.1, 0.15) is 11.3 Å². The quantitative estimate of drug-likeness (QED) is 0.626. The highest BCUT2D eigenvalue weighted by atomic mass is 32.2. The molecule has 0 aliphatic carbocycles. The average molecular weight is 429 g/mol. The minimum absolute atomic E-state index is 0.0497. The summed E-state index contributed by atoms with van der Waals surface area (Å²) < 4.78 is 78.6. The van der Waals surface area contributed by atoms with E-state index in [2.05, 4.69) is 5.10 Å². The van der Waals surface area contributed by atoms with Gasteiger partial charge in [0.15, 0.2) is 5.69 Å². The highest BCUT2D eigenvalue weighted by molar-refractivity contribution is 7.98. The van der Waals surface area contributed by atoms with Crippen molar-refractivity contribution in [1.82, 2.24) is 9.78 Å². The number of halogens is 4. The van der Waals surface area contributed by atoms with Crippen LogP contribution in [-0.4, -0.2) is 18.2 Å². The normalized spacial score (nSPS) is 13.9. The predicted octanol–water partition coefficient (Wildman–Crippen LogP) is 3.95. The van der Waals surface area contributed by atoms with Gasteiger partial charge < -0.3 is 0 Å². The van der Waals surface area contributed by atoms with Gasteiger partial charge in [0.25, 0.3) is 0 Å². The molecule has 5 nitrogen and oxygen atoms in total. The van der Waals surface area contributed by atoms with Gasteiger partial charge in [-0.2, -0.15) is 18.3 Å². The van der Waals surface area contributed by atoms with E-state index in [0.29, 0.717) is 5.56 Å². The van der Waals surface area contributed by atoms with Crippen LogP contribution in [0.15, 0.2) is 52.3 Å². The largest absolute Gasteiger partial charge is 0.436 e. The Morgan fingerprint density at radius 1 is 1.11 bits per heavy atom. The highest BCUT2D eigenvalue weighted by Crippen LogP contribution is 2.48. The number of benzene rings is 2. The Balaban J connectivity index is 1.98. The third kappa shape index (κ3) is 3.09. The molecule has 1 aliphatic rings. The van der Waals surface area contributed by atoms with Crippen LogP contribution in [0.5, 0.6) is 0 Å². The second-order valence-corrected chi connectivity index (χ2v) is 8.58. The zero-order chi connectivity index (χ0) is 20.3. The molecule has 0 spiro atoms. The number of hydrogen-bond donors (Lipinski definition) is 1. The molecule has 0 bridgehead atoms. The lowest BCUT2D eigenvalue weighted by atomic mass is 10.0. The number of rotatable bonds is 2. The number of primary sulfonamides is 1. The Morgan fingerprint density at radius 2 is 1.79 bits per heavy atom. The number of aromatic nitrogens is 2. The lowest BCUT2D eigenvalue weighted by molar-refractivity contribution is -0.143. The molecule has 0 saturated heterocycles. The summed E-state index contributed by atoms with van der Waals surface area (Å²) in [5.41, 5.74) is -0.167. The molecule has 0 saturated carbocycles. The maximum absolute atomic E-state index is 14.2. The van der Waals surface area contributed by atoms with Crippen molar-refractivity contribution in [2.45, 2.75) is 21.7 Å². The first-order valence-corrected chi connectivity index (χ1v) is 10.3. The number of nitrogens with two attached hydrogens (primary N) is 1. The van der Waals surface area contributed by atoms with Crippen molar-refractivity contribution >= 4 is 21.8 Å². The fourth-order valence-electron chi connectivity index (χ4n) is 3.00. The third-order valence-corrected chi connectivity index (χ3v) is 6.29. The molecule has 0 unspecified atom stereocenters. The first-order valence-electron chi connectivity index (χ1n) is 7.81. The van der Waals surface area contributed by atoms with Crippen molar-refractivity contribution in [3.05, 3.63) is 59.5 Å². The maximum atomic E-state index is 14.2. The minimum atomic E-state index is -4.70. The molecule has 0 fully saturated rings. The molecular formula is C17H11F4N3O2S2. The molecule has 0 radical (unpaired) electrons. The molecule has 2 aromatic carbocycles. The summed E-state index contributed by atoms with van der Waals surface area (Å²) in [6.45, 7) is 0. The number of hydrogen-bond acceptors (Lipinski definition) is 4. The van der Waals surface area contributed by atoms with E-state index in [9.17, 15) is 26.0 Å². The molecular weight excluding hydrogens is 418 g/mol.